The number of carbonyl (C=O) groups excluding carboxylic acids is 4. The number of rotatable bonds is 78. The van der Waals surface area contributed by atoms with E-state index < -0.39 is 97.5 Å². The molecule has 17 nitrogen and oxygen atoms in total. The Morgan fingerprint density at radius 3 is 0.694 bits per heavy atom. The van der Waals surface area contributed by atoms with E-state index >= 15 is 0 Å². The summed E-state index contributed by atoms with van der Waals surface area (Å²) < 4.78 is 68.5. The topological polar surface area (TPSA) is 237 Å². The molecular formula is C79H154O17P2. The number of hydrogen-bond acceptors (Lipinski definition) is 15. The normalized spacial score (nSPS) is 13.9. The number of unbranched alkanes of at least 4 members (excludes halogenated alkanes) is 48. The number of phosphoric acid groups is 2. The second kappa shape index (κ2) is 70.7. The Morgan fingerprint density at radius 2 is 0.469 bits per heavy atom. The second-order valence-electron chi connectivity index (χ2n) is 29.4. The maximum absolute atomic E-state index is 13.1. The summed E-state index contributed by atoms with van der Waals surface area (Å²) >= 11 is 0. The molecule has 0 saturated carbocycles. The van der Waals surface area contributed by atoms with E-state index in [0.717, 1.165) is 115 Å². The highest BCUT2D eigenvalue weighted by Gasteiger charge is 2.30. The third kappa shape index (κ3) is 72.4. The average Bonchev–Trinajstić information content (AvgIpc) is 0.976. The zero-order valence-electron chi connectivity index (χ0n) is 64.1. The summed E-state index contributed by atoms with van der Waals surface area (Å²) in [5, 5.41) is 10.6. The van der Waals surface area contributed by atoms with E-state index in [0.29, 0.717) is 25.7 Å². The summed E-state index contributed by atoms with van der Waals surface area (Å²) in [7, 11) is -9.91. The van der Waals surface area contributed by atoms with Crippen LogP contribution in [0.1, 0.15) is 414 Å². The first-order chi connectivity index (χ1) is 47.4. The summed E-state index contributed by atoms with van der Waals surface area (Å²) in [5.74, 6) is -0.529. The maximum Gasteiger partial charge on any atom is 0.472 e. The van der Waals surface area contributed by atoms with Crippen LogP contribution >= 0.6 is 15.6 Å². The monoisotopic (exact) mass is 1440 g/mol. The summed E-state index contributed by atoms with van der Waals surface area (Å²) in [4.78, 5) is 72.8. The minimum atomic E-state index is -4.96. The highest BCUT2D eigenvalue weighted by molar-refractivity contribution is 7.47. The van der Waals surface area contributed by atoms with Crippen LogP contribution in [0.3, 0.4) is 0 Å². The first kappa shape index (κ1) is 96.1. The van der Waals surface area contributed by atoms with Crippen LogP contribution in [0.4, 0.5) is 0 Å². The number of aliphatic hydroxyl groups excluding tert-OH is 1. The summed E-state index contributed by atoms with van der Waals surface area (Å²) in [5.41, 5.74) is 0. The van der Waals surface area contributed by atoms with Gasteiger partial charge in [0.05, 0.1) is 26.4 Å². The molecule has 582 valence electrons. The van der Waals surface area contributed by atoms with Gasteiger partial charge in [-0.15, -0.1) is 0 Å². The van der Waals surface area contributed by atoms with E-state index in [9.17, 15) is 43.2 Å². The van der Waals surface area contributed by atoms with Crippen LogP contribution < -0.4 is 0 Å². The molecule has 19 heteroatoms. The van der Waals surface area contributed by atoms with Crippen molar-refractivity contribution >= 4 is 39.5 Å². The Labute approximate surface area is 600 Å². The Morgan fingerprint density at radius 1 is 0.276 bits per heavy atom. The molecule has 0 rings (SSSR count). The second-order valence-corrected chi connectivity index (χ2v) is 32.3. The van der Waals surface area contributed by atoms with Crippen molar-refractivity contribution in [1.29, 1.82) is 0 Å². The standard InChI is InChI=1S/C79H154O17P2/c1-7-9-11-13-15-16-17-18-19-20-24-27-33-38-44-50-56-62-77(82)90-68-75(96-79(84)63-57-51-45-39-34-28-25-22-21-23-26-31-36-42-47-53-59-71(3)4)70-94-98(87,88)92-66-73(80)65-91-97(85,86)93-69-74(67-89-76(81)61-55-49-41-14-12-10-8-2)95-78(83)64-58-52-46-40-35-30-29-32-37-43-48-54-60-72(5)6/h71-75,80H,7-70H2,1-6H3,(H,85,86)(H,87,88)/t73-,74+,75+/m0/s1. The van der Waals surface area contributed by atoms with Crippen molar-refractivity contribution in [2.24, 2.45) is 11.8 Å². The molecule has 0 bridgehead atoms. The molecule has 0 heterocycles. The van der Waals surface area contributed by atoms with Crippen LogP contribution in [0.5, 0.6) is 0 Å². The van der Waals surface area contributed by atoms with Crippen LogP contribution in [-0.4, -0.2) is 96.7 Å². The first-order valence-electron chi connectivity index (χ1n) is 41.0. The molecule has 0 radical (unpaired) electrons. The molecule has 0 saturated heterocycles. The highest BCUT2D eigenvalue weighted by atomic mass is 31.2. The molecule has 0 aliphatic carbocycles. The quantitative estimate of drug-likeness (QED) is 0.0222. The Bertz CT molecular complexity index is 1890. The van der Waals surface area contributed by atoms with Crippen molar-refractivity contribution in [1.82, 2.24) is 0 Å². The van der Waals surface area contributed by atoms with Crippen molar-refractivity contribution in [3.05, 3.63) is 0 Å². The van der Waals surface area contributed by atoms with E-state index in [1.165, 1.54) is 218 Å². The van der Waals surface area contributed by atoms with E-state index in [1.54, 1.807) is 0 Å². The lowest BCUT2D eigenvalue weighted by atomic mass is 10.0. The number of phosphoric ester groups is 2. The first-order valence-corrected chi connectivity index (χ1v) is 44.0. The van der Waals surface area contributed by atoms with Gasteiger partial charge in [-0.3, -0.25) is 37.3 Å². The van der Waals surface area contributed by atoms with Crippen molar-refractivity contribution in [2.45, 2.75) is 432 Å². The molecule has 0 amide bonds. The molecule has 5 atom stereocenters. The molecule has 0 spiro atoms. The fraction of sp³-hybridized carbons (Fsp3) is 0.949. The van der Waals surface area contributed by atoms with E-state index in [1.807, 2.05) is 0 Å². The maximum atomic E-state index is 13.1. The van der Waals surface area contributed by atoms with Gasteiger partial charge in [-0.25, -0.2) is 9.13 Å². The summed E-state index contributed by atoms with van der Waals surface area (Å²) in [6, 6.07) is 0. The average molecular weight is 1440 g/mol. The highest BCUT2D eigenvalue weighted by Crippen LogP contribution is 2.45. The molecule has 0 aliphatic heterocycles. The van der Waals surface area contributed by atoms with Gasteiger partial charge >= 0.3 is 39.5 Å². The van der Waals surface area contributed by atoms with Gasteiger partial charge in [0, 0.05) is 25.7 Å². The third-order valence-electron chi connectivity index (χ3n) is 18.5. The Hall–Kier alpha value is -1.94. The largest absolute Gasteiger partial charge is 0.472 e. The van der Waals surface area contributed by atoms with E-state index in [2.05, 4.69) is 41.5 Å². The van der Waals surface area contributed by atoms with Crippen molar-refractivity contribution in [2.75, 3.05) is 39.6 Å². The van der Waals surface area contributed by atoms with Gasteiger partial charge in [0.1, 0.15) is 19.3 Å². The van der Waals surface area contributed by atoms with Gasteiger partial charge in [-0.05, 0) is 37.5 Å². The zero-order chi connectivity index (χ0) is 72.1. The zero-order valence-corrected chi connectivity index (χ0v) is 65.9. The fourth-order valence-corrected chi connectivity index (χ4v) is 13.8. The lowest BCUT2D eigenvalue weighted by molar-refractivity contribution is -0.161. The van der Waals surface area contributed by atoms with Crippen LogP contribution in [0.25, 0.3) is 0 Å². The summed E-state index contributed by atoms with van der Waals surface area (Å²) in [6.45, 7) is 9.62. The molecule has 98 heavy (non-hydrogen) atoms. The van der Waals surface area contributed by atoms with Gasteiger partial charge in [-0.2, -0.15) is 0 Å². The number of esters is 4. The van der Waals surface area contributed by atoms with Gasteiger partial charge in [0.25, 0.3) is 0 Å². The van der Waals surface area contributed by atoms with Crippen LogP contribution in [-0.2, 0) is 65.4 Å². The minimum Gasteiger partial charge on any atom is -0.462 e. The molecule has 0 aliphatic rings. The molecular weight excluding hydrogens is 1280 g/mol. The van der Waals surface area contributed by atoms with E-state index in [4.69, 9.17) is 37.0 Å². The van der Waals surface area contributed by atoms with Crippen LogP contribution in [0.15, 0.2) is 0 Å². The van der Waals surface area contributed by atoms with Crippen molar-refractivity contribution < 1.29 is 80.2 Å². The van der Waals surface area contributed by atoms with Crippen molar-refractivity contribution in [3.8, 4) is 0 Å². The van der Waals surface area contributed by atoms with Gasteiger partial charge in [0.2, 0.25) is 0 Å². The molecule has 0 fully saturated rings. The number of carbonyl (C=O) groups is 4. The number of hydrogen-bond donors (Lipinski definition) is 3. The minimum absolute atomic E-state index is 0.107. The van der Waals surface area contributed by atoms with Crippen LogP contribution in [0, 0.1) is 11.8 Å². The SMILES string of the molecule is CCCCCCCCCCCCCCCCCCCC(=O)OC[C@H](COP(=O)(O)OC[C@@H](O)COP(=O)(O)OC[C@@H](COC(=O)CCCCCCCCC)OC(=O)CCCCCCCCCCCCCCC(C)C)OC(=O)CCCCCCCCCCCCCCCCCCC(C)C. The van der Waals surface area contributed by atoms with Gasteiger partial charge < -0.3 is 33.8 Å². The lowest BCUT2D eigenvalue weighted by Crippen LogP contribution is -2.30. The predicted molar refractivity (Wildman–Crippen MR) is 400 cm³/mol. The van der Waals surface area contributed by atoms with Gasteiger partial charge in [-0.1, -0.05) is 363 Å². The molecule has 0 aromatic rings. The molecule has 0 aromatic carbocycles. The predicted octanol–water partition coefficient (Wildman–Crippen LogP) is 23.5. The van der Waals surface area contributed by atoms with E-state index in [-0.39, 0.29) is 25.7 Å². The molecule has 3 N–H and O–H groups in total. The fourth-order valence-electron chi connectivity index (χ4n) is 12.2. The molecule has 0 aromatic heterocycles. The van der Waals surface area contributed by atoms with Crippen LogP contribution in [0.2, 0.25) is 0 Å². The third-order valence-corrected chi connectivity index (χ3v) is 20.4. The molecule has 2 unspecified atom stereocenters. The summed E-state index contributed by atoms with van der Waals surface area (Å²) in [6.07, 6.45) is 59.8. The van der Waals surface area contributed by atoms with Crippen molar-refractivity contribution in [3.63, 3.8) is 0 Å². The Kier molecular flexibility index (Phi) is 69.3. The smallest absolute Gasteiger partial charge is 0.462 e. The lowest BCUT2D eigenvalue weighted by Gasteiger charge is -2.21. The Balaban J connectivity index is 5.19. The number of aliphatic hydroxyl groups is 1. The van der Waals surface area contributed by atoms with Gasteiger partial charge in [0.15, 0.2) is 12.2 Å². The number of ether oxygens (including phenoxy) is 4.